The molecule has 2 N–H and O–H groups in total. The van der Waals surface area contributed by atoms with Crippen LogP contribution >= 0.6 is 0 Å². The van der Waals surface area contributed by atoms with E-state index in [1.54, 1.807) is 6.07 Å². The Morgan fingerprint density at radius 3 is 2.88 bits per heavy atom. The van der Waals surface area contributed by atoms with Gasteiger partial charge in [0.1, 0.15) is 5.82 Å². The number of hydrogen-bond donors (Lipinski definition) is 2. The van der Waals surface area contributed by atoms with Crippen molar-refractivity contribution in [3.8, 4) is 0 Å². The number of carbonyl (C=O) groups is 1. The smallest absolute Gasteiger partial charge is 0.229 e. The van der Waals surface area contributed by atoms with Gasteiger partial charge in [0.15, 0.2) is 0 Å². The van der Waals surface area contributed by atoms with E-state index in [2.05, 4.69) is 10.6 Å². The molecule has 2 atom stereocenters. The molecule has 2 rings (SSSR count). The first-order valence-electron chi connectivity index (χ1n) is 5.85. The first-order chi connectivity index (χ1) is 8.08. The van der Waals surface area contributed by atoms with Gasteiger partial charge in [0.2, 0.25) is 5.91 Å². The van der Waals surface area contributed by atoms with E-state index in [9.17, 15) is 9.18 Å². The number of amides is 1. The van der Waals surface area contributed by atoms with Crippen molar-refractivity contribution in [2.75, 3.05) is 18.4 Å². The van der Waals surface area contributed by atoms with Crippen LogP contribution in [0.2, 0.25) is 0 Å². The summed E-state index contributed by atoms with van der Waals surface area (Å²) in [5.41, 5.74) is 1.44. The number of benzene rings is 1. The van der Waals surface area contributed by atoms with Crippen LogP contribution in [0.1, 0.15) is 12.5 Å². The predicted octanol–water partition coefficient (Wildman–Crippen LogP) is 1.93. The van der Waals surface area contributed by atoms with Crippen LogP contribution in [0.4, 0.5) is 10.1 Å². The minimum absolute atomic E-state index is 0.0299. The Kier molecular flexibility index (Phi) is 3.43. The highest BCUT2D eigenvalue weighted by molar-refractivity contribution is 5.93. The molecule has 1 aromatic carbocycles. The number of halogens is 1. The quantitative estimate of drug-likeness (QED) is 0.823. The monoisotopic (exact) mass is 236 g/mol. The van der Waals surface area contributed by atoms with E-state index in [-0.39, 0.29) is 17.6 Å². The number of carbonyl (C=O) groups excluding carboxylic acids is 1. The SMILES string of the molecule is Cc1ccc(F)cc1NC(=O)[C@@H]1CNC[C@H]1C. The van der Waals surface area contributed by atoms with Crippen molar-refractivity contribution in [3.63, 3.8) is 0 Å². The second-order valence-electron chi connectivity index (χ2n) is 4.69. The summed E-state index contributed by atoms with van der Waals surface area (Å²) in [6.45, 7) is 5.45. The molecule has 1 heterocycles. The third kappa shape index (κ3) is 2.64. The van der Waals surface area contributed by atoms with Gasteiger partial charge in [-0.2, -0.15) is 0 Å². The molecule has 0 aliphatic carbocycles. The molecule has 0 aromatic heterocycles. The lowest BCUT2D eigenvalue weighted by atomic mass is 9.97. The summed E-state index contributed by atoms with van der Waals surface area (Å²) in [4.78, 5) is 12.0. The predicted molar refractivity (Wildman–Crippen MR) is 65.3 cm³/mol. The lowest BCUT2D eigenvalue weighted by molar-refractivity contribution is -0.120. The molecule has 0 saturated carbocycles. The van der Waals surface area contributed by atoms with Gasteiger partial charge in [-0.05, 0) is 37.1 Å². The van der Waals surface area contributed by atoms with Crippen LogP contribution in [-0.2, 0) is 4.79 Å². The molecule has 4 heteroatoms. The summed E-state index contributed by atoms with van der Waals surface area (Å²) in [6.07, 6.45) is 0. The number of aryl methyl sites for hydroxylation is 1. The Morgan fingerprint density at radius 1 is 1.47 bits per heavy atom. The summed E-state index contributed by atoms with van der Waals surface area (Å²) >= 11 is 0. The van der Waals surface area contributed by atoms with Gasteiger partial charge in [-0.15, -0.1) is 0 Å². The standard InChI is InChI=1S/C13H17FN2O/c1-8-3-4-10(14)5-12(8)16-13(17)11-7-15-6-9(11)2/h3-5,9,11,15H,6-7H2,1-2H3,(H,16,17)/t9-,11-/m1/s1. The molecule has 1 saturated heterocycles. The highest BCUT2D eigenvalue weighted by Gasteiger charge is 2.29. The Bertz CT molecular complexity index is 433. The molecule has 1 fully saturated rings. The van der Waals surface area contributed by atoms with Crippen molar-refractivity contribution in [2.24, 2.45) is 11.8 Å². The molecular formula is C13H17FN2O. The Morgan fingerprint density at radius 2 is 2.24 bits per heavy atom. The minimum Gasteiger partial charge on any atom is -0.325 e. The highest BCUT2D eigenvalue weighted by Crippen LogP contribution is 2.21. The molecular weight excluding hydrogens is 219 g/mol. The largest absolute Gasteiger partial charge is 0.325 e. The number of rotatable bonds is 2. The zero-order valence-corrected chi connectivity index (χ0v) is 10.1. The first-order valence-corrected chi connectivity index (χ1v) is 5.85. The molecule has 17 heavy (non-hydrogen) atoms. The highest BCUT2D eigenvalue weighted by atomic mass is 19.1. The maximum atomic E-state index is 13.1. The third-order valence-electron chi connectivity index (χ3n) is 3.31. The van der Waals surface area contributed by atoms with Crippen molar-refractivity contribution in [2.45, 2.75) is 13.8 Å². The summed E-state index contributed by atoms with van der Waals surface area (Å²) in [6, 6.07) is 4.42. The summed E-state index contributed by atoms with van der Waals surface area (Å²) in [7, 11) is 0. The van der Waals surface area contributed by atoms with Crippen LogP contribution in [0, 0.1) is 24.6 Å². The second-order valence-corrected chi connectivity index (χ2v) is 4.69. The van der Waals surface area contributed by atoms with E-state index < -0.39 is 0 Å². The van der Waals surface area contributed by atoms with E-state index in [4.69, 9.17) is 0 Å². The van der Waals surface area contributed by atoms with Crippen molar-refractivity contribution in [1.29, 1.82) is 0 Å². The molecule has 0 unspecified atom stereocenters. The van der Waals surface area contributed by atoms with Crippen LogP contribution < -0.4 is 10.6 Å². The average Bonchev–Trinajstić information content (AvgIpc) is 2.70. The van der Waals surface area contributed by atoms with Crippen LogP contribution in [-0.4, -0.2) is 19.0 Å². The Labute approximate surface area is 100 Å². The van der Waals surface area contributed by atoms with Gasteiger partial charge in [0, 0.05) is 12.2 Å². The minimum atomic E-state index is -0.330. The molecule has 0 radical (unpaired) electrons. The topological polar surface area (TPSA) is 41.1 Å². The van der Waals surface area contributed by atoms with Crippen molar-refractivity contribution < 1.29 is 9.18 Å². The summed E-state index contributed by atoms with van der Waals surface area (Å²) in [5, 5.41) is 5.98. The second kappa shape index (κ2) is 4.84. The number of nitrogens with one attached hydrogen (secondary N) is 2. The van der Waals surface area contributed by atoms with Crippen LogP contribution in [0.25, 0.3) is 0 Å². The maximum absolute atomic E-state index is 13.1. The van der Waals surface area contributed by atoms with Crippen molar-refractivity contribution in [1.82, 2.24) is 5.32 Å². The lowest BCUT2D eigenvalue weighted by Gasteiger charge is -2.15. The third-order valence-corrected chi connectivity index (χ3v) is 3.31. The van der Waals surface area contributed by atoms with Crippen molar-refractivity contribution in [3.05, 3.63) is 29.6 Å². The van der Waals surface area contributed by atoms with Gasteiger partial charge in [-0.3, -0.25) is 4.79 Å². The Hall–Kier alpha value is -1.42. The average molecular weight is 236 g/mol. The zero-order chi connectivity index (χ0) is 12.4. The van der Waals surface area contributed by atoms with Crippen LogP contribution in [0.5, 0.6) is 0 Å². The van der Waals surface area contributed by atoms with Gasteiger partial charge in [0.25, 0.3) is 0 Å². The van der Waals surface area contributed by atoms with Gasteiger partial charge in [0.05, 0.1) is 5.92 Å². The molecule has 1 aromatic rings. The summed E-state index contributed by atoms with van der Waals surface area (Å²) < 4.78 is 13.1. The van der Waals surface area contributed by atoms with Gasteiger partial charge >= 0.3 is 0 Å². The lowest BCUT2D eigenvalue weighted by Crippen LogP contribution is -2.28. The fourth-order valence-electron chi connectivity index (χ4n) is 2.12. The van der Waals surface area contributed by atoms with Gasteiger partial charge in [-0.1, -0.05) is 13.0 Å². The van der Waals surface area contributed by atoms with E-state index in [1.807, 2.05) is 13.8 Å². The van der Waals surface area contributed by atoms with Crippen LogP contribution in [0.3, 0.4) is 0 Å². The molecule has 0 bridgehead atoms. The Balaban J connectivity index is 2.10. The normalized spacial score (nSPS) is 23.7. The van der Waals surface area contributed by atoms with E-state index >= 15 is 0 Å². The molecule has 0 spiro atoms. The van der Waals surface area contributed by atoms with Crippen molar-refractivity contribution >= 4 is 11.6 Å². The first kappa shape index (κ1) is 12.0. The van der Waals surface area contributed by atoms with Crippen LogP contribution in [0.15, 0.2) is 18.2 Å². The van der Waals surface area contributed by atoms with E-state index in [0.717, 1.165) is 12.1 Å². The zero-order valence-electron chi connectivity index (χ0n) is 10.1. The number of hydrogen-bond acceptors (Lipinski definition) is 2. The molecule has 1 amide bonds. The molecule has 92 valence electrons. The van der Waals surface area contributed by atoms with E-state index in [1.165, 1.54) is 12.1 Å². The summed E-state index contributed by atoms with van der Waals surface area (Å²) in [5.74, 6) is -0.0683. The molecule has 3 nitrogen and oxygen atoms in total. The molecule has 1 aliphatic heterocycles. The maximum Gasteiger partial charge on any atom is 0.229 e. The fourth-order valence-corrected chi connectivity index (χ4v) is 2.12. The van der Waals surface area contributed by atoms with Gasteiger partial charge in [-0.25, -0.2) is 4.39 Å². The van der Waals surface area contributed by atoms with E-state index in [0.29, 0.717) is 18.2 Å². The number of anilines is 1. The van der Waals surface area contributed by atoms with Gasteiger partial charge < -0.3 is 10.6 Å². The molecule has 1 aliphatic rings. The fraction of sp³-hybridized carbons (Fsp3) is 0.462.